The Hall–Kier alpha value is -3.27. The van der Waals surface area contributed by atoms with Crippen molar-refractivity contribution in [3.63, 3.8) is 0 Å². The maximum Gasteiger partial charge on any atom is 0.244 e. The van der Waals surface area contributed by atoms with Gasteiger partial charge in [0.2, 0.25) is 21.8 Å². The predicted octanol–water partition coefficient (Wildman–Crippen LogP) is 2.80. The highest BCUT2D eigenvalue weighted by Gasteiger charge is 2.30. The number of anilines is 1. The first-order valence-electron chi connectivity index (χ1n) is 11.4. The molecule has 1 atom stereocenters. The van der Waals surface area contributed by atoms with Gasteiger partial charge in [0.15, 0.2) is 0 Å². The minimum atomic E-state index is -3.80. The molecule has 10 heteroatoms. The summed E-state index contributed by atoms with van der Waals surface area (Å²) < 4.78 is 37.0. The Kier molecular flexibility index (Phi) is 9.94. The number of nitrogens with zero attached hydrogens (tertiary/aromatic N) is 2. The van der Waals surface area contributed by atoms with Gasteiger partial charge in [0.1, 0.15) is 24.1 Å². The Morgan fingerprint density at radius 1 is 1.03 bits per heavy atom. The van der Waals surface area contributed by atoms with Gasteiger partial charge in [0, 0.05) is 12.6 Å². The van der Waals surface area contributed by atoms with E-state index in [1.54, 1.807) is 56.5 Å². The summed E-state index contributed by atoms with van der Waals surface area (Å²) in [5.74, 6) is 0.359. The van der Waals surface area contributed by atoms with Gasteiger partial charge in [-0.15, -0.1) is 0 Å². The van der Waals surface area contributed by atoms with Crippen molar-refractivity contribution < 1.29 is 27.5 Å². The number of carbonyl (C=O) groups is 2. The Balaban J connectivity index is 2.38. The molecule has 1 N–H and O–H groups in total. The van der Waals surface area contributed by atoms with E-state index < -0.39 is 28.5 Å². The molecule has 0 unspecified atom stereocenters. The summed E-state index contributed by atoms with van der Waals surface area (Å²) in [4.78, 5) is 27.7. The average Bonchev–Trinajstić information content (AvgIpc) is 2.80. The second kappa shape index (κ2) is 12.4. The number of hydrogen-bond acceptors (Lipinski definition) is 6. The molecule has 2 amide bonds. The molecule has 0 radical (unpaired) electrons. The number of carbonyl (C=O) groups excluding carboxylic acids is 2. The summed E-state index contributed by atoms with van der Waals surface area (Å²) in [5.41, 5.74) is 1.07. The third-order valence-electron chi connectivity index (χ3n) is 5.20. The molecule has 0 saturated carbocycles. The topological polar surface area (TPSA) is 105 Å². The van der Waals surface area contributed by atoms with Crippen LogP contribution in [-0.2, 0) is 26.2 Å². The molecule has 192 valence electrons. The van der Waals surface area contributed by atoms with Crippen LogP contribution in [0.3, 0.4) is 0 Å². The Bertz CT molecular complexity index is 1100. The van der Waals surface area contributed by atoms with E-state index in [-0.39, 0.29) is 18.5 Å². The molecule has 9 nitrogen and oxygen atoms in total. The van der Waals surface area contributed by atoms with Gasteiger partial charge in [-0.3, -0.25) is 13.9 Å². The van der Waals surface area contributed by atoms with Crippen molar-refractivity contribution in [2.45, 2.75) is 46.3 Å². The SMILES string of the molecule is CCOc1ccc(N(CC(=O)N(Cc2cccc(OC)c2)[C@H](C)C(=O)NC(C)C)S(C)(=O)=O)cc1. The number of ether oxygens (including phenoxy) is 2. The zero-order valence-electron chi connectivity index (χ0n) is 21.1. The number of amides is 2. The van der Waals surface area contributed by atoms with Gasteiger partial charge in [0.05, 0.1) is 25.7 Å². The van der Waals surface area contributed by atoms with Crippen LogP contribution < -0.4 is 19.1 Å². The fourth-order valence-corrected chi connectivity index (χ4v) is 4.29. The molecule has 2 aromatic carbocycles. The summed E-state index contributed by atoms with van der Waals surface area (Å²) in [7, 11) is -2.25. The van der Waals surface area contributed by atoms with Crippen molar-refractivity contribution >= 4 is 27.5 Å². The summed E-state index contributed by atoms with van der Waals surface area (Å²) in [5, 5.41) is 2.82. The van der Waals surface area contributed by atoms with Crippen LogP contribution in [0.1, 0.15) is 33.3 Å². The van der Waals surface area contributed by atoms with E-state index >= 15 is 0 Å². The maximum atomic E-state index is 13.5. The Morgan fingerprint density at radius 3 is 2.23 bits per heavy atom. The third kappa shape index (κ3) is 8.17. The van der Waals surface area contributed by atoms with Gasteiger partial charge in [-0.05, 0) is 69.7 Å². The molecule has 0 aromatic heterocycles. The monoisotopic (exact) mass is 505 g/mol. The van der Waals surface area contributed by atoms with E-state index in [1.165, 1.54) is 4.90 Å². The lowest BCUT2D eigenvalue weighted by molar-refractivity contribution is -0.139. The Morgan fingerprint density at radius 2 is 1.69 bits per heavy atom. The van der Waals surface area contributed by atoms with Crippen LogP contribution in [0.15, 0.2) is 48.5 Å². The molecule has 0 bridgehead atoms. The van der Waals surface area contributed by atoms with Crippen LogP contribution in [0.5, 0.6) is 11.5 Å². The molecule has 0 aliphatic rings. The fourth-order valence-electron chi connectivity index (χ4n) is 3.44. The molecular formula is C25H35N3O6S. The minimum Gasteiger partial charge on any atom is -0.497 e. The van der Waals surface area contributed by atoms with Crippen molar-refractivity contribution in [2.24, 2.45) is 0 Å². The summed E-state index contributed by atoms with van der Waals surface area (Å²) in [6.45, 7) is 7.25. The molecule has 0 saturated heterocycles. The molecule has 0 aliphatic carbocycles. The second-order valence-electron chi connectivity index (χ2n) is 8.41. The average molecular weight is 506 g/mol. The molecule has 0 aliphatic heterocycles. The largest absolute Gasteiger partial charge is 0.497 e. The number of sulfonamides is 1. The van der Waals surface area contributed by atoms with E-state index in [0.717, 1.165) is 16.1 Å². The maximum absolute atomic E-state index is 13.5. The van der Waals surface area contributed by atoms with Crippen LogP contribution in [0.2, 0.25) is 0 Å². The summed E-state index contributed by atoms with van der Waals surface area (Å²) in [6, 6.07) is 12.7. The number of hydrogen-bond donors (Lipinski definition) is 1. The highest BCUT2D eigenvalue weighted by Crippen LogP contribution is 2.23. The lowest BCUT2D eigenvalue weighted by atomic mass is 10.1. The van der Waals surface area contributed by atoms with E-state index in [2.05, 4.69) is 5.32 Å². The second-order valence-corrected chi connectivity index (χ2v) is 10.3. The molecule has 2 aromatic rings. The smallest absolute Gasteiger partial charge is 0.244 e. The quantitative estimate of drug-likeness (QED) is 0.476. The van der Waals surface area contributed by atoms with E-state index in [0.29, 0.717) is 23.8 Å². The fraction of sp³-hybridized carbons (Fsp3) is 0.440. The highest BCUT2D eigenvalue weighted by molar-refractivity contribution is 7.92. The van der Waals surface area contributed by atoms with Crippen LogP contribution in [0, 0.1) is 0 Å². The van der Waals surface area contributed by atoms with Crippen LogP contribution >= 0.6 is 0 Å². The molecule has 0 fully saturated rings. The molecule has 0 heterocycles. The number of methoxy groups -OCH3 is 1. The Labute approximate surface area is 208 Å². The van der Waals surface area contributed by atoms with Crippen LogP contribution in [0.25, 0.3) is 0 Å². The predicted molar refractivity (Wildman–Crippen MR) is 136 cm³/mol. The van der Waals surface area contributed by atoms with Gasteiger partial charge < -0.3 is 19.7 Å². The van der Waals surface area contributed by atoms with Crippen molar-refractivity contribution in [1.82, 2.24) is 10.2 Å². The molecule has 0 spiro atoms. The summed E-state index contributed by atoms with van der Waals surface area (Å²) in [6.07, 6.45) is 1.04. The van der Waals surface area contributed by atoms with Crippen molar-refractivity contribution in [2.75, 3.05) is 30.8 Å². The number of nitrogens with one attached hydrogen (secondary N) is 1. The zero-order valence-corrected chi connectivity index (χ0v) is 22.0. The van der Waals surface area contributed by atoms with Crippen molar-refractivity contribution in [3.05, 3.63) is 54.1 Å². The molecular weight excluding hydrogens is 470 g/mol. The van der Waals surface area contributed by atoms with Gasteiger partial charge in [-0.25, -0.2) is 8.42 Å². The van der Waals surface area contributed by atoms with E-state index in [4.69, 9.17) is 9.47 Å². The summed E-state index contributed by atoms with van der Waals surface area (Å²) >= 11 is 0. The first kappa shape index (κ1) is 28.0. The molecule has 2 rings (SSSR count). The number of benzene rings is 2. The lowest BCUT2D eigenvalue weighted by Crippen LogP contribution is -2.52. The minimum absolute atomic E-state index is 0.101. The normalized spacial score (nSPS) is 12.1. The van der Waals surface area contributed by atoms with Crippen molar-refractivity contribution in [1.29, 1.82) is 0 Å². The van der Waals surface area contributed by atoms with Crippen molar-refractivity contribution in [3.8, 4) is 11.5 Å². The van der Waals surface area contributed by atoms with E-state index in [1.807, 2.05) is 26.8 Å². The van der Waals surface area contributed by atoms with Gasteiger partial charge in [-0.2, -0.15) is 0 Å². The first-order valence-corrected chi connectivity index (χ1v) is 13.2. The van der Waals surface area contributed by atoms with Gasteiger partial charge in [-0.1, -0.05) is 12.1 Å². The van der Waals surface area contributed by atoms with Crippen LogP contribution in [-0.4, -0.2) is 63.7 Å². The standard InChI is InChI=1S/C25H35N3O6S/c1-7-34-22-13-11-21(12-14-22)28(35(6,31)32)17-24(29)27(19(4)25(30)26-18(2)3)16-20-9-8-10-23(15-20)33-5/h8-15,18-19H,7,16-17H2,1-6H3,(H,26,30)/t19-/m1/s1. The van der Waals surface area contributed by atoms with Gasteiger partial charge >= 0.3 is 0 Å². The van der Waals surface area contributed by atoms with E-state index in [9.17, 15) is 18.0 Å². The molecule has 35 heavy (non-hydrogen) atoms. The third-order valence-corrected chi connectivity index (χ3v) is 6.34. The van der Waals surface area contributed by atoms with Crippen LogP contribution in [0.4, 0.5) is 5.69 Å². The first-order chi connectivity index (χ1) is 16.5. The van der Waals surface area contributed by atoms with Gasteiger partial charge in [0.25, 0.3) is 0 Å². The highest BCUT2D eigenvalue weighted by atomic mass is 32.2. The lowest BCUT2D eigenvalue weighted by Gasteiger charge is -2.32. The number of rotatable bonds is 12. The zero-order chi connectivity index (χ0) is 26.2.